The molecular formula is C14Cl12. The van der Waals surface area contributed by atoms with Gasteiger partial charge in [-0.25, -0.2) is 0 Å². The Hall–Kier alpha value is 1.92. The van der Waals surface area contributed by atoms with Gasteiger partial charge in [0.15, 0.2) is 8.67 Å². The molecule has 0 saturated heterocycles. The maximum Gasteiger partial charge on any atom is 0.171 e. The second kappa shape index (κ2) is 7.26. The molecule has 1 aliphatic carbocycles. The molecule has 0 nitrogen and oxygen atoms in total. The molecule has 140 valence electrons. The van der Waals surface area contributed by atoms with E-state index in [-0.39, 0.29) is 62.4 Å². The van der Waals surface area contributed by atoms with Gasteiger partial charge in [-0.05, 0) is 0 Å². The minimum Gasteiger partial charge on any atom is -0.0908 e. The Labute approximate surface area is 208 Å². The molecule has 3 rings (SSSR count). The van der Waals surface area contributed by atoms with Gasteiger partial charge in [0.25, 0.3) is 0 Å². The average Bonchev–Trinajstić information content (AvgIpc) is 2.55. The Morgan fingerprint density at radius 1 is 0.308 bits per heavy atom. The predicted octanol–water partition coefficient (Wildman–Crippen LogP) is 10.6. The summed E-state index contributed by atoms with van der Waals surface area (Å²) in [5.74, 6) is 0. The van der Waals surface area contributed by atoms with Crippen molar-refractivity contribution in [2.24, 2.45) is 0 Å². The Morgan fingerprint density at radius 3 is 0.615 bits per heavy atom. The van der Waals surface area contributed by atoms with E-state index < -0.39 is 8.67 Å². The molecule has 12 heteroatoms. The van der Waals surface area contributed by atoms with Gasteiger partial charge in [0, 0.05) is 22.3 Å². The zero-order valence-corrected chi connectivity index (χ0v) is 20.6. The summed E-state index contributed by atoms with van der Waals surface area (Å²) in [6.07, 6.45) is 0. The lowest BCUT2D eigenvalue weighted by Crippen LogP contribution is -2.33. The van der Waals surface area contributed by atoms with Gasteiger partial charge in [0.05, 0.1) is 40.2 Å². The van der Waals surface area contributed by atoms with Gasteiger partial charge >= 0.3 is 0 Å². The Balaban J connectivity index is 2.64. The van der Waals surface area contributed by atoms with Gasteiger partial charge in [-0.2, -0.15) is 0 Å². The minimum absolute atomic E-state index is 0.00996. The van der Waals surface area contributed by atoms with Crippen LogP contribution in [0.15, 0.2) is 0 Å². The van der Waals surface area contributed by atoms with Crippen LogP contribution in [0.1, 0.15) is 22.3 Å². The molecule has 0 unspecified atom stereocenters. The van der Waals surface area contributed by atoms with Crippen molar-refractivity contribution in [3.63, 3.8) is 0 Å². The van der Waals surface area contributed by atoms with Crippen molar-refractivity contribution in [1.82, 2.24) is 0 Å². The number of rotatable bonds is 0. The van der Waals surface area contributed by atoms with Crippen LogP contribution in [0.2, 0.25) is 40.2 Å². The molecule has 0 N–H and O–H groups in total. The molecule has 0 radical (unpaired) electrons. The van der Waals surface area contributed by atoms with E-state index in [1.165, 1.54) is 0 Å². The smallest absolute Gasteiger partial charge is 0.0908 e. The molecule has 0 amide bonds. The number of alkyl halides is 4. The van der Waals surface area contributed by atoms with E-state index in [9.17, 15) is 0 Å². The van der Waals surface area contributed by atoms with E-state index >= 15 is 0 Å². The quantitative estimate of drug-likeness (QED) is 0.162. The molecule has 2 aromatic carbocycles. The summed E-state index contributed by atoms with van der Waals surface area (Å²) in [5, 5.41) is -0.747. The average molecular weight is 594 g/mol. The topological polar surface area (TPSA) is 0 Å². The van der Waals surface area contributed by atoms with Crippen LogP contribution in [0.25, 0.3) is 0 Å². The van der Waals surface area contributed by atoms with Crippen LogP contribution >= 0.6 is 139 Å². The van der Waals surface area contributed by atoms with Crippen molar-refractivity contribution >= 4 is 139 Å². The third-order valence-electron chi connectivity index (χ3n) is 3.79. The van der Waals surface area contributed by atoms with Crippen LogP contribution in [0.5, 0.6) is 0 Å². The van der Waals surface area contributed by atoms with Gasteiger partial charge < -0.3 is 0 Å². The maximum absolute atomic E-state index is 6.62. The lowest BCUT2D eigenvalue weighted by atomic mass is 9.84. The van der Waals surface area contributed by atoms with Crippen molar-refractivity contribution in [3.8, 4) is 0 Å². The molecule has 26 heavy (non-hydrogen) atoms. The molecule has 0 saturated carbocycles. The summed E-state index contributed by atoms with van der Waals surface area (Å²) in [4.78, 5) is 0. The van der Waals surface area contributed by atoms with E-state index in [1.54, 1.807) is 0 Å². The Bertz CT molecular complexity index is 822. The first-order valence-electron chi connectivity index (χ1n) is 6.27. The molecule has 2 aromatic rings. The molecule has 1 aliphatic rings. The lowest BCUT2D eigenvalue weighted by molar-refractivity contribution is 0.860. The first kappa shape index (κ1) is 22.6. The summed E-state index contributed by atoms with van der Waals surface area (Å²) >= 11 is 76.4. The fourth-order valence-electron chi connectivity index (χ4n) is 2.69. The zero-order valence-electron chi connectivity index (χ0n) is 11.5. The van der Waals surface area contributed by atoms with Crippen molar-refractivity contribution in [3.05, 3.63) is 62.4 Å². The van der Waals surface area contributed by atoms with Gasteiger partial charge in [0.2, 0.25) is 0 Å². The van der Waals surface area contributed by atoms with E-state index in [4.69, 9.17) is 139 Å². The van der Waals surface area contributed by atoms with E-state index in [0.717, 1.165) is 0 Å². The lowest BCUT2D eigenvalue weighted by Gasteiger charge is -2.40. The minimum atomic E-state index is -1.91. The molecule has 0 spiro atoms. The summed E-state index contributed by atoms with van der Waals surface area (Å²) in [6, 6.07) is 0. The SMILES string of the molecule is Clc1c(Cl)c(Cl)c2c(c1Cl)C(Cl)(Cl)c1c(Cl)c(Cl)c(Cl)c(Cl)c1C2(Cl)Cl. The van der Waals surface area contributed by atoms with Gasteiger partial charge in [-0.1, -0.05) is 139 Å². The fourth-order valence-corrected chi connectivity index (χ4v) is 6.86. The number of fused-ring (bicyclic) bond motifs is 2. The molecule has 0 atom stereocenters. The van der Waals surface area contributed by atoms with E-state index in [2.05, 4.69) is 0 Å². The molecule has 0 aromatic heterocycles. The highest BCUT2D eigenvalue weighted by molar-refractivity contribution is 6.61. The van der Waals surface area contributed by atoms with Crippen LogP contribution in [-0.4, -0.2) is 0 Å². The molecule has 0 heterocycles. The molecular weight excluding hydrogens is 594 g/mol. The Morgan fingerprint density at radius 2 is 0.462 bits per heavy atom. The zero-order chi connectivity index (χ0) is 19.9. The summed E-state index contributed by atoms with van der Waals surface area (Å²) < 4.78 is -3.83. The van der Waals surface area contributed by atoms with Crippen molar-refractivity contribution in [2.45, 2.75) is 8.67 Å². The summed E-state index contributed by atoms with van der Waals surface area (Å²) in [6.45, 7) is 0. The number of halogens is 12. The van der Waals surface area contributed by atoms with Crippen LogP contribution in [-0.2, 0) is 8.67 Å². The maximum atomic E-state index is 6.62. The number of hydrogen-bond acceptors (Lipinski definition) is 0. The standard InChI is InChI=1S/C14Cl12/c15-5-1-2(6(16)10(20)9(5)19)14(25,26)4-3(13(1,23)24)7(17)11(21)12(22)8(4)18. The third kappa shape index (κ3) is 2.95. The largest absolute Gasteiger partial charge is 0.171 e. The highest BCUT2D eigenvalue weighted by Crippen LogP contribution is 2.66. The summed E-state index contributed by atoms with van der Waals surface area (Å²) in [5.41, 5.74) is 0.0398. The first-order valence-corrected chi connectivity index (χ1v) is 10.8. The van der Waals surface area contributed by atoms with Gasteiger partial charge in [0.1, 0.15) is 0 Å². The number of benzene rings is 2. The van der Waals surface area contributed by atoms with Crippen LogP contribution < -0.4 is 0 Å². The van der Waals surface area contributed by atoms with Crippen molar-refractivity contribution in [1.29, 1.82) is 0 Å². The predicted molar refractivity (Wildman–Crippen MR) is 118 cm³/mol. The molecule has 0 aliphatic heterocycles. The van der Waals surface area contributed by atoms with E-state index in [0.29, 0.717) is 0 Å². The molecule has 0 fully saturated rings. The van der Waals surface area contributed by atoms with Crippen molar-refractivity contribution < 1.29 is 0 Å². The highest BCUT2D eigenvalue weighted by atomic mass is 35.5. The monoisotopic (exact) mass is 588 g/mol. The Kier molecular flexibility index (Phi) is 6.31. The second-order valence-electron chi connectivity index (χ2n) is 5.16. The van der Waals surface area contributed by atoms with E-state index in [1.807, 2.05) is 0 Å². The third-order valence-corrected chi connectivity index (χ3v) is 8.91. The fraction of sp³-hybridized carbons (Fsp3) is 0.143. The van der Waals surface area contributed by atoms with Crippen LogP contribution in [0.3, 0.4) is 0 Å². The van der Waals surface area contributed by atoms with Gasteiger partial charge in [-0.3, -0.25) is 0 Å². The summed E-state index contributed by atoms with van der Waals surface area (Å²) in [7, 11) is 0. The van der Waals surface area contributed by atoms with Gasteiger partial charge in [-0.15, -0.1) is 0 Å². The normalized spacial score (nSPS) is 17.1. The number of hydrogen-bond donors (Lipinski definition) is 0. The first-order chi connectivity index (χ1) is 11.8. The highest BCUT2D eigenvalue weighted by Gasteiger charge is 2.54. The van der Waals surface area contributed by atoms with Crippen LogP contribution in [0.4, 0.5) is 0 Å². The van der Waals surface area contributed by atoms with Crippen LogP contribution in [0, 0.1) is 0 Å². The molecule has 0 bridgehead atoms. The second-order valence-corrected chi connectivity index (χ2v) is 10.8. The van der Waals surface area contributed by atoms with Crippen molar-refractivity contribution in [2.75, 3.05) is 0 Å².